The molecule has 0 bridgehead atoms. The second-order valence-electron chi connectivity index (χ2n) is 5.05. The quantitative estimate of drug-likeness (QED) is 0.831. The largest absolute Gasteiger partial charge is 0.342 e. The van der Waals surface area contributed by atoms with Crippen LogP contribution in [0.15, 0.2) is 12.3 Å². The van der Waals surface area contributed by atoms with Crippen LogP contribution < -0.4 is 5.32 Å². The van der Waals surface area contributed by atoms with E-state index >= 15 is 0 Å². The number of nitrogens with zero attached hydrogens (tertiary/aromatic N) is 2. The monoisotopic (exact) mass is 250 g/mol. The Hall–Kier alpha value is -1.85. The van der Waals surface area contributed by atoms with Crippen LogP contribution in [0.25, 0.3) is 0 Å². The van der Waals surface area contributed by atoms with E-state index in [0.29, 0.717) is 31.2 Å². The van der Waals surface area contributed by atoms with Crippen molar-refractivity contribution in [3.05, 3.63) is 12.3 Å². The van der Waals surface area contributed by atoms with Gasteiger partial charge in [-0.3, -0.25) is 14.7 Å². The summed E-state index contributed by atoms with van der Waals surface area (Å²) in [5.74, 6) is 0.657. The highest BCUT2D eigenvalue weighted by atomic mass is 16.2. The summed E-state index contributed by atoms with van der Waals surface area (Å²) in [6.07, 6.45) is 1.87. The molecule has 1 unspecified atom stereocenters. The number of carbonyl (C=O) groups excluding carboxylic acids is 2. The fourth-order valence-corrected chi connectivity index (χ4v) is 2.13. The zero-order valence-electron chi connectivity index (χ0n) is 10.6. The van der Waals surface area contributed by atoms with Gasteiger partial charge < -0.3 is 10.2 Å². The van der Waals surface area contributed by atoms with Crippen molar-refractivity contribution in [3.63, 3.8) is 0 Å². The highest BCUT2D eigenvalue weighted by molar-refractivity contribution is 5.96. The number of anilines is 1. The Morgan fingerprint density at radius 3 is 3.06 bits per heavy atom. The fourth-order valence-electron chi connectivity index (χ4n) is 2.13. The van der Waals surface area contributed by atoms with Crippen LogP contribution in [0.3, 0.4) is 0 Å². The molecule has 2 N–H and O–H groups in total. The molecule has 18 heavy (non-hydrogen) atoms. The first-order chi connectivity index (χ1) is 8.56. The van der Waals surface area contributed by atoms with Crippen molar-refractivity contribution in [1.29, 1.82) is 0 Å². The number of hydrogen-bond acceptors (Lipinski definition) is 3. The van der Waals surface area contributed by atoms with Crippen molar-refractivity contribution in [1.82, 2.24) is 15.1 Å². The highest BCUT2D eigenvalue weighted by Crippen LogP contribution is 2.20. The van der Waals surface area contributed by atoms with Crippen LogP contribution in [0.2, 0.25) is 0 Å². The summed E-state index contributed by atoms with van der Waals surface area (Å²) < 4.78 is 0. The first kappa shape index (κ1) is 12.6. The lowest BCUT2D eigenvalue weighted by molar-refractivity contribution is -0.128. The maximum atomic E-state index is 12.0. The van der Waals surface area contributed by atoms with E-state index in [1.807, 2.05) is 0 Å². The molecular weight excluding hydrogens is 232 g/mol. The minimum Gasteiger partial charge on any atom is -0.342 e. The van der Waals surface area contributed by atoms with E-state index in [1.165, 1.54) is 0 Å². The third-order valence-electron chi connectivity index (χ3n) is 2.93. The van der Waals surface area contributed by atoms with Gasteiger partial charge in [0.1, 0.15) is 5.82 Å². The summed E-state index contributed by atoms with van der Waals surface area (Å²) >= 11 is 0. The maximum Gasteiger partial charge on any atom is 0.230 e. The number of aromatic nitrogens is 2. The van der Waals surface area contributed by atoms with Crippen molar-refractivity contribution in [2.45, 2.75) is 20.3 Å². The Morgan fingerprint density at radius 2 is 2.44 bits per heavy atom. The van der Waals surface area contributed by atoms with Crippen molar-refractivity contribution in [3.8, 4) is 0 Å². The van der Waals surface area contributed by atoms with Gasteiger partial charge in [0.15, 0.2) is 0 Å². The van der Waals surface area contributed by atoms with Crippen molar-refractivity contribution >= 4 is 17.6 Å². The van der Waals surface area contributed by atoms with Crippen LogP contribution >= 0.6 is 0 Å². The molecule has 1 aliphatic rings. The van der Waals surface area contributed by atoms with Gasteiger partial charge in [0.2, 0.25) is 11.8 Å². The molecule has 1 saturated heterocycles. The van der Waals surface area contributed by atoms with E-state index in [1.54, 1.807) is 17.2 Å². The summed E-state index contributed by atoms with van der Waals surface area (Å²) in [5, 5.41) is 9.14. The van der Waals surface area contributed by atoms with E-state index in [4.69, 9.17) is 0 Å². The predicted molar refractivity (Wildman–Crippen MR) is 66.7 cm³/mol. The second-order valence-corrected chi connectivity index (χ2v) is 5.05. The zero-order valence-corrected chi connectivity index (χ0v) is 10.6. The Kier molecular flexibility index (Phi) is 3.64. The summed E-state index contributed by atoms with van der Waals surface area (Å²) in [6.45, 7) is 5.35. The highest BCUT2D eigenvalue weighted by Gasteiger charge is 2.34. The molecule has 0 radical (unpaired) electrons. The molecule has 2 heterocycles. The molecule has 2 rings (SSSR count). The predicted octanol–water partition coefficient (Wildman–Crippen LogP) is 0.853. The van der Waals surface area contributed by atoms with Crippen LogP contribution in [-0.2, 0) is 9.59 Å². The number of rotatable bonds is 4. The molecule has 0 aromatic carbocycles. The molecule has 1 aromatic heterocycles. The molecule has 2 amide bonds. The number of likely N-dealkylation sites (tertiary alicyclic amines) is 1. The van der Waals surface area contributed by atoms with Gasteiger partial charge in [-0.15, -0.1) is 0 Å². The van der Waals surface area contributed by atoms with Crippen LogP contribution in [0.4, 0.5) is 5.82 Å². The Bertz CT molecular complexity index is 427. The van der Waals surface area contributed by atoms with Gasteiger partial charge in [-0.25, -0.2) is 0 Å². The zero-order chi connectivity index (χ0) is 13.1. The Balaban J connectivity index is 1.91. The standard InChI is InChI=1S/C12H18N4O2/c1-8(2)6-16-7-9(5-11(16)17)12(18)14-10-3-4-13-15-10/h3-4,8-9H,5-7H2,1-2H3,(H2,13,14,15,18). The van der Waals surface area contributed by atoms with E-state index in [9.17, 15) is 9.59 Å². The van der Waals surface area contributed by atoms with Crippen molar-refractivity contribution in [2.24, 2.45) is 11.8 Å². The number of H-pyrrole nitrogens is 1. The lowest BCUT2D eigenvalue weighted by atomic mass is 10.1. The summed E-state index contributed by atoms with van der Waals surface area (Å²) in [5.41, 5.74) is 0. The molecule has 6 heteroatoms. The number of nitrogens with one attached hydrogen (secondary N) is 2. The smallest absolute Gasteiger partial charge is 0.230 e. The average Bonchev–Trinajstić information content (AvgIpc) is 2.89. The van der Waals surface area contributed by atoms with Crippen molar-refractivity contribution in [2.75, 3.05) is 18.4 Å². The molecule has 1 fully saturated rings. The first-order valence-electron chi connectivity index (χ1n) is 6.14. The third kappa shape index (κ3) is 2.88. The molecule has 98 valence electrons. The van der Waals surface area contributed by atoms with Gasteiger partial charge in [0, 0.05) is 25.6 Å². The number of aromatic amines is 1. The van der Waals surface area contributed by atoms with Gasteiger partial charge in [0.25, 0.3) is 0 Å². The van der Waals surface area contributed by atoms with Gasteiger partial charge >= 0.3 is 0 Å². The molecule has 1 atom stereocenters. The molecule has 1 aromatic rings. The SMILES string of the molecule is CC(C)CN1CC(C(=O)Nc2ccn[nH]2)CC1=O. The molecule has 0 saturated carbocycles. The first-order valence-corrected chi connectivity index (χ1v) is 6.14. The van der Waals surface area contributed by atoms with E-state index in [0.717, 1.165) is 0 Å². The van der Waals surface area contributed by atoms with Gasteiger partial charge in [0.05, 0.1) is 12.1 Å². The van der Waals surface area contributed by atoms with Crippen LogP contribution in [0.5, 0.6) is 0 Å². The Morgan fingerprint density at radius 1 is 1.67 bits per heavy atom. The van der Waals surface area contributed by atoms with E-state index in [2.05, 4.69) is 29.4 Å². The van der Waals surface area contributed by atoms with Gasteiger partial charge in [-0.2, -0.15) is 5.10 Å². The van der Waals surface area contributed by atoms with E-state index in [-0.39, 0.29) is 17.7 Å². The molecule has 0 aliphatic carbocycles. The van der Waals surface area contributed by atoms with E-state index < -0.39 is 0 Å². The minimum atomic E-state index is -0.264. The molecule has 6 nitrogen and oxygen atoms in total. The van der Waals surface area contributed by atoms with Gasteiger partial charge in [-0.1, -0.05) is 13.8 Å². The number of carbonyl (C=O) groups is 2. The molecule has 0 spiro atoms. The lowest BCUT2D eigenvalue weighted by Crippen LogP contribution is -2.31. The maximum absolute atomic E-state index is 12.0. The molecular formula is C12H18N4O2. The van der Waals surface area contributed by atoms with Crippen LogP contribution in [0.1, 0.15) is 20.3 Å². The Labute approximate surface area is 106 Å². The number of amides is 2. The fraction of sp³-hybridized carbons (Fsp3) is 0.583. The normalized spacial score (nSPS) is 19.6. The topological polar surface area (TPSA) is 78.1 Å². The van der Waals surface area contributed by atoms with Crippen LogP contribution in [-0.4, -0.2) is 40.0 Å². The lowest BCUT2D eigenvalue weighted by Gasteiger charge is -2.18. The summed E-state index contributed by atoms with van der Waals surface area (Å²) in [7, 11) is 0. The summed E-state index contributed by atoms with van der Waals surface area (Å²) in [6, 6.07) is 1.68. The number of hydrogen-bond donors (Lipinski definition) is 2. The summed E-state index contributed by atoms with van der Waals surface area (Å²) in [4.78, 5) is 25.5. The average molecular weight is 250 g/mol. The molecule has 1 aliphatic heterocycles. The minimum absolute atomic E-state index is 0.0634. The van der Waals surface area contributed by atoms with Gasteiger partial charge in [-0.05, 0) is 5.92 Å². The third-order valence-corrected chi connectivity index (χ3v) is 2.93. The van der Waals surface area contributed by atoms with Crippen molar-refractivity contribution < 1.29 is 9.59 Å². The second kappa shape index (κ2) is 5.20. The van der Waals surface area contributed by atoms with Crippen LogP contribution in [0, 0.1) is 11.8 Å².